The Morgan fingerprint density at radius 1 is 0.963 bits per heavy atom. The normalized spacial score (nSPS) is 11.8. The van der Waals surface area contributed by atoms with Crippen LogP contribution in [0, 0.1) is 13.8 Å². The summed E-state index contributed by atoms with van der Waals surface area (Å²) in [5.74, 6) is 1.40. The molecule has 0 unspecified atom stereocenters. The maximum Gasteiger partial charge on any atom is 0.260 e. The number of nitrogens with one attached hydrogen (secondary N) is 1. The molecule has 0 aliphatic carbocycles. The molecule has 0 bridgehead atoms. The molecule has 27 heavy (non-hydrogen) atoms. The van der Waals surface area contributed by atoms with E-state index in [9.17, 15) is 4.79 Å². The number of benzene rings is 3. The molecule has 0 heterocycles. The number of carbonyl (C=O) groups excluding carboxylic acids is 1. The van der Waals surface area contributed by atoms with Gasteiger partial charge in [0.1, 0.15) is 18.1 Å². The molecule has 0 fully saturated rings. The van der Waals surface area contributed by atoms with E-state index in [1.54, 1.807) is 6.92 Å². The van der Waals surface area contributed by atoms with Crippen molar-refractivity contribution in [1.29, 1.82) is 0 Å². The van der Waals surface area contributed by atoms with Crippen molar-refractivity contribution in [3.63, 3.8) is 0 Å². The molecule has 0 aliphatic rings. The highest BCUT2D eigenvalue weighted by Gasteiger charge is 2.15. The number of ether oxygens (including phenoxy) is 2. The van der Waals surface area contributed by atoms with Gasteiger partial charge in [-0.15, -0.1) is 0 Å². The smallest absolute Gasteiger partial charge is 0.260 e. The van der Waals surface area contributed by atoms with Crippen LogP contribution in [0.15, 0.2) is 60.7 Å². The van der Waals surface area contributed by atoms with E-state index in [4.69, 9.17) is 9.47 Å². The zero-order valence-electron chi connectivity index (χ0n) is 16.0. The lowest BCUT2D eigenvalue weighted by Crippen LogP contribution is -2.38. The predicted octanol–water partition coefficient (Wildman–Crippen LogP) is 4.42. The van der Waals surface area contributed by atoms with Crippen LogP contribution >= 0.6 is 0 Å². The van der Waals surface area contributed by atoms with Crippen LogP contribution in [0.2, 0.25) is 0 Å². The Balaban J connectivity index is 1.51. The average molecular weight is 363 g/mol. The number of carbonyl (C=O) groups is 1. The zero-order valence-corrected chi connectivity index (χ0v) is 16.0. The molecule has 0 aliphatic heterocycles. The predicted molar refractivity (Wildman–Crippen MR) is 108 cm³/mol. The van der Waals surface area contributed by atoms with Crippen molar-refractivity contribution in [3.05, 3.63) is 71.8 Å². The third-order valence-electron chi connectivity index (χ3n) is 4.64. The number of rotatable bonds is 7. The van der Waals surface area contributed by atoms with Crippen molar-refractivity contribution >= 4 is 16.7 Å². The lowest BCUT2D eigenvalue weighted by atomic mass is 10.1. The first-order valence-electron chi connectivity index (χ1n) is 9.17. The quantitative estimate of drug-likeness (QED) is 0.632. The van der Waals surface area contributed by atoms with Crippen LogP contribution in [0.25, 0.3) is 10.8 Å². The summed E-state index contributed by atoms with van der Waals surface area (Å²) in [4.78, 5) is 12.3. The second-order valence-corrected chi connectivity index (χ2v) is 6.57. The minimum absolute atomic E-state index is 0.160. The molecule has 140 valence electrons. The lowest BCUT2D eigenvalue weighted by Gasteiger charge is -2.16. The largest absolute Gasteiger partial charge is 0.491 e. The van der Waals surface area contributed by atoms with Gasteiger partial charge in [0.25, 0.3) is 5.91 Å². The molecule has 1 amide bonds. The summed E-state index contributed by atoms with van der Waals surface area (Å²) in [6, 6.07) is 19.8. The minimum atomic E-state index is -0.587. The van der Waals surface area contributed by atoms with Gasteiger partial charge in [-0.1, -0.05) is 48.5 Å². The van der Waals surface area contributed by atoms with Crippen molar-refractivity contribution < 1.29 is 14.3 Å². The van der Waals surface area contributed by atoms with Gasteiger partial charge in [0, 0.05) is 5.39 Å². The van der Waals surface area contributed by atoms with Crippen molar-refractivity contribution in [1.82, 2.24) is 5.32 Å². The summed E-state index contributed by atoms with van der Waals surface area (Å²) in [6.07, 6.45) is -0.587. The standard InChI is InChI=1S/C23H25NO3/c1-16-8-6-12-21(17(16)2)26-15-14-24-23(25)18(3)27-22-13-7-10-19-9-4-5-11-20(19)22/h4-13,18H,14-15H2,1-3H3,(H,24,25)/t18-/m1/s1. The molecule has 0 spiro atoms. The van der Waals surface area contributed by atoms with Crippen LogP contribution in [-0.4, -0.2) is 25.2 Å². The number of fused-ring (bicyclic) bond motifs is 1. The minimum Gasteiger partial charge on any atom is -0.491 e. The Bertz CT molecular complexity index is 931. The lowest BCUT2D eigenvalue weighted by molar-refractivity contribution is -0.127. The van der Waals surface area contributed by atoms with Gasteiger partial charge in [-0.2, -0.15) is 0 Å². The van der Waals surface area contributed by atoms with Crippen LogP contribution in [0.3, 0.4) is 0 Å². The van der Waals surface area contributed by atoms with E-state index in [2.05, 4.69) is 18.3 Å². The molecule has 1 N–H and O–H groups in total. The maximum atomic E-state index is 12.3. The summed E-state index contributed by atoms with van der Waals surface area (Å²) in [7, 11) is 0. The molecule has 0 aromatic heterocycles. The van der Waals surface area contributed by atoms with Gasteiger partial charge < -0.3 is 14.8 Å². The first kappa shape index (κ1) is 18.8. The summed E-state index contributed by atoms with van der Waals surface area (Å²) in [5.41, 5.74) is 2.31. The Morgan fingerprint density at radius 2 is 1.67 bits per heavy atom. The highest BCUT2D eigenvalue weighted by molar-refractivity contribution is 5.89. The van der Waals surface area contributed by atoms with Gasteiger partial charge in [0.15, 0.2) is 6.10 Å². The first-order valence-corrected chi connectivity index (χ1v) is 9.17. The fourth-order valence-corrected chi connectivity index (χ4v) is 2.90. The molecule has 1 atom stereocenters. The fourth-order valence-electron chi connectivity index (χ4n) is 2.90. The molecule has 4 heteroatoms. The fraction of sp³-hybridized carbons (Fsp3) is 0.261. The van der Waals surface area contributed by atoms with Crippen LogP contribution in [-0.2, 0) is 4.79 Å². The molecule has 0 saturated carbocycles. The third-order valence-corrected chi connectivity index (χ3v) is 4.64. The van der Waals surface area contributed by atoms with Crippen molar-refractivity contribution in [2.45, 2.75) is 26.9 Å². The highest BCUT2D eigenvalue weighted by atomic mass is 16.5. The monoisotopic (exact) mass is 363 g/mol. The first-order chi connectivity index (χ1) is 13.1. The van der Waals surface area contributed by atoms with E-state index < -0.39 is 6.10 Å². The molecule has 3 aromatic rings. The number of aryl methyl sites for hydroxylation is 1. The van der Waals surface area contributed by atoms with Crippen LogP contribution in [0.1, 0.15) is 18.1 Å². The zero-order chi connectivity index (χ0) is 19.2. The van der Waals surface area contributed by atoms with Crippen LogP contribution in [0.4, 0.5) is 0 Å². The van der Waals surface area contributed by atoms with E-state index in [-0.39, 0.29) is 5.91 Å². The molecular formula is C23H25NO3. The molecule has 3 rings (SSSR count). The van der Waals surface area contributed by atoms with Gasteiger partial charge in [-0.3, -0.25) is 4.79 Å². The van der Waals surface area contributed by atoms with Gasteiger partial charge >= 0.3 is 0 Å². The number of hydrogen-bond donors (Lipinski definition) is 1. The SMILES string of the molecule is Cc1cccc(OCCNC(=O)[C@@H](C)Oc2cccc3ccccc23)c1C. The Kier molecular flexibility index (Phi) is 5.97. The van der Waals surface area contributed by atoms with Gasteiger partial charge in [-0.25, -0.2) is 0 Å². The Labute approximate surface area is 160 Å². The average Bonchev–Trinajstić information content (AvgIpc) is 2.68. The van der Waals surface area contributed by atoms with Crippen LogP contribution < -0.4 is 14.8 Å². The Hall–Kier alpha value is -3.01. The van der Waals surface area contributed by atoms with Crippen molar-refractivity contribution in [3.8, 4) is 11.5 Å². The van der Waals surface area contributed by atoms with E-state index in [0.717, 1.165) is 22.1 Å². The Morgan fingerprint density at radius 3 is 2.52 bits per heavy atom. The number of amides is 1. The molecule has 3 aromatic carbocycles. The third kappa shape index (κ3) is 4.59. The van der Waals surface area contributed by atoms with Gasteiger partial charge in [0.2, 0.25) is 0 Å². The van der Waals surface area contributed by atoms with E-state index >= 15 is 0 Å². The topological polar surface area (TPSA) is 47.6 Å². The summed E-state index contributed by atoms with van der Waals surface area (Å²) in [6.45, 7) is 6.68. The summed E-state index contributed by atoms with van der Waals surface area (Å²) < 4.78 is 11.7. The molecule has 4 nitrogen and oxygen atoms in total. The van der Waals surface area contributed by atoms with E-state index in [1.807, 2.05) is 61.5 Å². The van der Waals surface area contributed by atoms with Gasteiger partial charge in [0.05, 0.1) is 6.54 Å². The number of hydrogen-bond acceptors (Lipinski definition) is 3. The van der Waals surface area contributed by atoms with E-state index in [1.165, 1.54) is 5.56 Å². The van der Waals surface area contributed by atoms with Crippen LogP contribution in [0.5, 0.6) is 11.5 Å². The second kappa shape index (κ2) is 8.58. The van der Waals surface area contributed by atoms with Crippen molar-refractivity contribution in [2.75, 3.05) is 13.2 Å². The summed E-state index contributed by atoms with van der Waals surface area (Å²) in [5, 5.41) is 4.95. The highest BCUT2D eigenvalue weighted by Crippen LogP contribution is 2.26. The van der Waals surface area contributed by atoms with Gasteiger partial charge in [-0.05, 0) is 49.4 Å². The van der Waals surface area contributed by atoms with Crippen molar-refractivity contribution in [2.24, 2.45) is 0 Å². The molecular weight excluding hydrogens is 338 g/mol. The maximum absolute atomic E-state index is 12.3. The summed E-state index contributed by atoms with van der Waals surface area (Å²) >= 11 is 0. The van der Waals surface area contributed by atoms with E-state index in [0.29, 0.717) is 18.9 Å². The second-order valence-electron chi connectivity index (χ2n) is 6.57. The molecule has 0 saturated heterocycles. The molecule has 0 radical (unpaired) electrons.